The van der Waals surface area contributed by atoms with E-state index in [-0.39, 0.29) is 12.0 Å². The van der Waals surface area contributed by atoms with Crippen molar-refractivity contribution in [2.45, 2.75) is 18.9 Å². The van der Waals surface area contributed by atoms with E-state index in [0.29, 0.717) is 25.3 Å². The third-order valence-corrected chi connectivity index (χ3v) is 3.94. The lowest BCUT2D eigenvalue weighted by Crippen LogP contribution is -2.40. The fourth-order valence-corrected chi connectivity index (χ4v) is 2.70. The Morgan fingerprint density at radius 3 is 2.83 bits per heavy atom. The van der Waals surface area contributed by atoms with Gasteiger partial charge < -0.3 is 14.4 Å². The van der Waals surface area contributed by atoms with E-state index in [0.717, 1.165) is 25.2 Å². The second-order valence-electron chi connectivity index (χ2n) is 5.68. The number of hydrogen-bond donors (Lipinski definition) is 0. The summed E-state index contributed by atoms with van der Waals surface area (Å²) in [5.74, 6) is 0.727. The number of carbonyl (C=O) groups excluding carboxylic acids is 1. The average Bonchev–Trinajstić information content (AvgIpc) is 3.15. The molecule has 1 aliphatic heterocycles. The number of aromatic nitrogens is 2. The van der Waals surface area contributed by atoms with Crippen LogP contribution in [0.5, 0.6) is 5.75 Å². The molecule has 6 nitrogen and oxygen atoms in total. The molecule has 2 aromatic rings. The fraction of sp³-hybridized carbons (Fsp3) is 0.389. The van der Waals surface area contributed by atoms with Gasteiger partial charge in [0.1, 0.15) is 12.4 Å². The van der Waals surface area contributed by atoms with Crippen LogP contribution in [0.2, 0.25) is 0 Å². The first kappa shape index (κ1) is 16.4. The zero-order valence-corrected chi connectivity index (χ0v) is 13.5. The normalized spacial score (nSPS) is 16.8. The summed E-state index contributed by atoms with van der Waals surface area (Å²) in [5.41, 5.74) is 0.530. The number of ether oxygens (including phenoxy) is 2. The minimum atomic E-state index is -0.0722. The van der Waals surface area contributed by atoms with Gasteiger partial charge in [-0.25, -0.2) is 0 Å². The van der Waals surface area contributed by atoms with Gasteiger partial charge in [-0.2, -0.15) is 10.2 Å². The Morgan fingerprint density at radius 2 is 2.12 bits per heavy atom. The van der Waals surface area contributed by atoms with Crippen LogP contribution in [-0.2, 0) is 4.74 Å². The molecule has 24 heavy (non-hydrogen) atoms. The summed E-state index contributed by atoms with van der Waals surface area (Å²) in [6, 6.07) is 11.3. The third kappa shape index (κ3) is 4.52. The van der Waals surface area contributed by atoms with Crippen LogP contribution in [0.3, 0.4) is 0 Å². The van der Waals surface area contributed by atoms with Gasteiger partial charge in [-0.3, -0.25) is 4.79 Å². The molecule has 1 unspecified atom stereocenters. The van der Waals surface area contributed by atoms with Crippen molar-refractivity contribution in [2.24, 2.45) is 0 Å². The van der Waals surface area contributed by atoms with Crippen LogP contribution in [0, 0.1) is 0 Å². The highest BCUT2D eigenvalue weighted by Gasteiger charge is 2.23. The first-order valence-corrected chi connectivity index (χ1v) is 8.18. The number of nitrogens with zero attached hydrogens (tertiary/aromatic N) is 3. The monoisotopic (exact) mass is 327 g/mol. The maximum atomic E-state index is 12.7. The van der Waals surface area contributed by atoms with Crippen molar-refractivity contribution >= 4 is 5.91 Å². The predicted molar refractivity (Wildman–Crippen MR) is 88.8 cm³/mol. The molecule has 6 heteroatoms. The van der Waals surface area contributed by atoms with Crippen molar-refractivity contribution < 1.29 is 14.3 Å². The van der Waals surface area contributed by atoms with E-state index < -0.39 is 0 Å². The minimum Gasteiger partial charge on any atom is -0.492 e. The van der Waals surface area contributed by atoms with Crippen LogP contribution in [-0.4, -0.2) is 53.4 Å². The predicted octanol–water partition coefficient (Wildman–Crippen LogP) is 2.18. The summed E-state index contributed by atoms with van der Waals surface area (Å²) in [7, 11) is 0. The molecule has 126 valence electrons. The maximum Gasteiger partial charge on any atom is 0.255 e. The summed E-state index contributed by atoms with van der Waals surface area (Å²) in [6.07, 6.45) is 5.14. The van der Waals surface area contributed by atoms with Crippen LogP contribution in [0.15, 0.2) is 48.8 Å². The molecule has 1 aromatic carbocycles. The molecule has 1 atom stereocenters. The van der Waals surface area contributed by atoms with Gasteiger partial charge in [0.05, 0.1) is 30.6 Å². The Morgan fingerprint density at radius 1 is 1.25 bits per heavy atom. The van der Waals surface area contributed by atoms with Gasteiger partial charge in [-0.1, -0.05) is 18.2 Å². The van der Waals surface area contributed by atoms with Crippen molar-refractivity contribution in [3.63, 3.8) is 0 Å². The number of hydrogen-bond acceptors (Lipinski definition) is 5. The van der Waals surface area contributed by atoms with Crippen LogP contribution in [0.4, 0.5) is 0 Å². The molecule has 1 aliphatic rings. The zero-order valence-electron chi connectivity index (χ0n) is 13.5. The highest BCUT2D eigenvalue weighted by molar-refractivity contribution is 5.93. The Balaban J connectivity index is 1.61. The van der Waals surface area contributed by atoms with Gasteiger partial charge >= 0.3 is 0 Å². The molecule has 0 bridgehead atoms. The maximum absolute atomic E-state index is 12.7. The smallest absolute Gasteiger partial charge is 0.255 e. The van der Waals surface area contributed by atoms with E-state index in [2.05, 4.69) is 10.2 Å². The van der Waals surface area contributed by atoms with E-state index in [9.17, 15) is 4.79 Å². The molecule has 1 aromatic heterocycles. The van der Waals surface area contributed by atoms with Crippen molar-refractivity contribution in [3.8, 4) is 5.75 Å². The summed E-state index contributed by atoms with van der Waals surface area (Å²) in [6.45, 7) is 2.26. The largest absolute Gasteiger partial charge is 0.492 e. The van der Waals surface area contributed by atoms with E-state index in [1.807, 2.05) is 30.3 Å². The molecular formula is C18H21N3O3. The summed E-state index contributed by atoms with van der Waals surface area (Å²) in [4.78, 5) is 14.5. The zero-order chi connectivity index (χ0) is 16.6. The molecule has 0 aliphatic carbocycles. The Bertz CT molecular complexity index is 630. The summed E-state index contributed by atoms with van der Waals surface area (Å²) < 4.78 is 11.4. The Kier molecular flexibility index (Phi) is 5.74. The van der Waals surface area contributed by atoms with Crippen molar-refractivity contribution in [2.75, 3.05) is 26.3 Å². The molecular weight excluding hydrogens is 306 g/mol. The third-order valence-electron chi connectivity index (χ3n) is 3.94. The van der Waals surface area contributed by atoms with Crippen LogP contribution in [0.1, 0.15) is 23.2 Å². The van der Waals surface area contributed by atoms with Crippen molar-refractivity contribution in [3.05, 3.63) is 54.4 Å². The number of benzene rings is 1. The molecule has 0 N–H and O–H groups in total. The van der Waals surface area contributed by atoms with Crippen molar-refractivity contribution in [1.29, 1.82) is 0 Å². The van der Waals surface area contributed by atoms with Gasteiger partial charge in [-0.05, 0) is 31.0 Å². The number of carbonyl (C=O) groups is 1. The number of amides is 1. The Labute approximate surface area is 141 Å². The highest BCUT2D eigenvalue weighted by atomic mass is 16.5. The van der Waals surface area contributed by atoms with Gasteiger partial charge in [0.15, 0.2) is 0 Å². The summed E-state index contributed by atoms with van der Waals surface area (Å²) in [5, 5.41) is 7.51. The summed E-state index contributed by atoms with van der Waals surface area (Å²) >= 11 is 0. The molecule has 2 heterocycles. The van der Waals surface area contributed by atoms with Gasteiger partial charge in [0.2, 0.25) is 0 Å². The second-order valence-corrected chi connectivity index (χ2v) is 5.68. The van der Waals surface area contributed by atoms with Crippen LogP contribution < -0.4 is 4.74 Å². The lowest BCUT2D eigenvalue weighted by atomic mass is 10.2. The van der Waals surface area contributed by atoms with Gasteiger partial charge in [-0.15, -0.1) is 0 Å². The number of para-hydroxylation sites is 1. The van der Waals surface area contributed by atoms with Gasteiger partial charge in [0, 0.05) is 13.2 Å². The topological polar surface area (TPSA) is 64.6 Å². The van der Waals surface area contributed by atoms with E-state index in [1.165, 1.54) is 12.4 Å². The van der Waals surface area contributed by atoms with E-state index in [4.69, 9.17) is 9.47 Å². The second kappa shape index (κ2) is 8.40. The molecule has 0 radical (unpaired) electrons. The van der Waals surface area contributed by atoms with Crippen LogP contribution >= 0.6 is 0 Å². The standard InChI is InChI=1S/C18H21N3O3/c22-18(15-8-9-19-20-13-15)21(14-17-7-4-11-23-17)10-12-24-16-5-2-1-3-6-16/h1-3,5-6,8-9,13,17H,4,7,10-12,14H2. The minimum absolute atomic E-state index is 0.0722. The number of rotatable bonds is 7. The first-order valence-electron chi connectivity index (χ1n) is 8.18. The molecule has 1 amide bonds. The molecule has 0 spiro atoms. The molecule has 0 saturated carbocycles. The van der Waals surface area contributed by atoms with E-state index >= 15 is 0 Å². The van der Waals surface area contributed by atoms with E-state index in [1.54, 1.807) is 11.0 Å². The molecule has 3 rings (SSSR count). The molecule has 1 saturated heterocycles. The quantitative estimate of drug-likeness (QED) is 0.780. The SMILES string of the molecule is O=C(c1ccnnc1)N(CCOc1ccccc1)CC1CCCO1. The average molecular weight is 327 g/mol. The first-order chi connectivity index (χ1) is 11.8. The fourth-order valence-electron chi connectivity index (χ4n) is 2.70. The van der Waals surface area contributed by atoms with Crippen LogP contribution in [0.25, 0.3) is 0 Å². The Hall–Kier alpha value is -2.47. The lowest BCUT2D eigenvalue weighted by molar-refractivity contribution is 0.0493. The highest BCUT2D eigenvalue weighted by Crippen LogP contribution is 2.15. The van der Waals surface area contributed by atoms with Crippen molar-refractivity contribution in [1.82, 2.24) is 15.1 Å². The lowest BCUT2D eigenvalue weighted by Gasteiger charge is -2.25. The van der Waals surface area contributed by atoms with Gasteiger partial charge in [0.25, 0.3) is 5.91 Å². The molecule has 1 fully saturated rings.